The van der Waals surface area contributed by atoms with Gasteiger partial charge in [-0.15, -0.1) is 19.1 Å². The Morgan fingerprint density at radius 2 is 1.28 bits per heavy atom. The van der Waals surface area contributed by atoms with E-state index in [1.807, 2.05) is 0 Å². The number of para-hydroxylation sites is 1. The first kappa shape index (κ1) is 26.0. The van der Waals surface area contributed by atoms with E-state index in [-0.39, 0.29) is 41.6 Å². The van der Waals surface area contributed by atoms with Gasteiger partial charge in [-0.2, -0.15) is 0 Å². The van der Waals surface area contributed by atoms with Gasteiger partial charge in [0.2, 0.25) is 0 Å². The van der Waals surface area contributed by atoms with Crippen molar-refractivity contribution >= 4 is 29.6 Å². The van der Waals surface area contributed by atoms with E-state index < -0.39 is 0 Å². The molecule has 0 unspecified atom stereocenters. The number of fused-ring (bicyclic) bond motifs is 3. The maximum absolute atomic E-state index is 5.35. The Kier molecular flexibility index (Phi) is 7.61. The van der Waals surface area contributed by atoms with Crippen LogP contribution in [0.1, 0.15) is 45.5 Å². The molecule has 0 saturated carbocycles. The van der Waals surface area contributed by atoms with Gasteiger partial charge in [0.05, 0.1) is 12.1 Å². The van der Waals surface area contributed by atoms with E-state index in [2.05, 4.69) is 134 Å². The number of anilines is 2. The van der Waals surface area contributed by atoms with Crippen LogP contribution in [0.25, 0.3) is 0 Å². The number of aryl methyl sites for hydroxylation is 3. The molecular formula is C31H29ClCuN3. The van der Waals surface area contributed by atoms with Crippen molar-refractivity contribution in [1.82, 2.24) is 4.90 Å². The molecular weight excluding hydrogens is 513 g/mol. The third-order valence-electron chi connectivity index (χ3n) is 6.91. The van der Waals surface area contributed by atoms with Crippen LogP contribution in [0.5, 0.6) is 0 Å². The van der Waals surface area contributed by atoms with Crippen LogP contribution in [0.2, 0.25) is 0 Å². The van der Waals surface area contributed by atoms with E-state index in [0.717, 1.165) is 5.84 Å². The van der Waals surface area contributed by atoms with Gasteiger partial charge in [0, 0.05) is 16.9 Å². The van der Waals surface area contributed by atoms with Crippen LogP contribution in [0.4, 0.5) is 11.4 Å². The minimum atomic E-state index is 0. The maximum atomic E-state index is 5.35. The summed E-state index contributed by atoms with van der Waals surface area (Å²) in [5.74, 6) is 1.04. The topological polar surface area (TPSA) is 18.8 Å². The molecule has 0 bridgehead atoms. The maximum Gasteiger partial charge on any atom is 1.00 e. The van der Waals surface area contributed by atoms with Gasteiger partial charge in [0.25, 0.3) is 0 Å². The summed E-state index contributed by atoms with van der Waals surface area (Å²) in [6.45, 7) is 8.85. The third-order valence-corrected chi connectivity index (χ3v) is 6.91. The SMILES string of the molecule is Cc1cc(C)c(N2[CH-]N3C(=N[C@@H](c4ccccc4)[C@@H]3c3ccccc3)c3ccccc32)c(C)c1.Cl.[Cu+]. The first-order valence-electron chi connectivity index (χ1n) is 11.9. The Balaban J connectivity index is 0.00000152. The van der Waals surface area contributed by atoms with E-state index in [1.54, 1.807) is 0 Å². The second-order valence-electron chi connectivity index (χ2n) is 9.32. The number of hydrogen-bond donors (Lipinski definition) is 0. The van der Waals surface area contributed by atoms with Gasteiger partial charge < -0.3 is 9.80 Å². The second kappa shape index (κ2) is 10.5. The number of halogens is 1. The van der Waals surface area contributed by atoms with E-state index in [0.29, 0.717) is 0 Å². The summed E-state index contributed by atoms with van der Waals surface area (Å²) in [5, 5.41) is 0. The minimum Gasteiger partial charge on any atom is -0.479 e. The molecule has 6 rings (SSSR count). The van der Waals surface area contributed by atoms with Crippen LogP contribution < -0.4 is 4.90 Å². The zero-order chi connectivity index (χ0) is 23.2. The van der Waals surface area contributed by atoms with Crippen LogP contribution in [-0.2, 0) is 17.1 Å². The molecule has 0 spiro atoms. The van der Waals surface area contributed by atoms with E-state index >= 15 is 0 Å². The fraction of sp³-hybridized carbons (Fsp3) is 0.161. The van der Waals surface area contributed by atoms with Gasteiger partial charge in [0.15, 0.2) is 0 Å². The molecule has 0 amide bonds. The average molecular weight is 543 g/mol. The number of nitrogens with zero attached hydrogens (tertiary/aromatic N) is 3. The Labute approximate surface area is 230 Å². The molecule has 2 heterocycles. The molecule has 0 N–H and O–H groups in total. The smallest absolute Gasteiger partial charge is 0.479 e. The quantitative estimate of drug-likeness (QED) is 0.194. The molecule has 0 saturated heterocycles. The van der Waals surface area contributed by atoms with Crippen LogP contribution in [0.3, 0.4) is 0 Å². The van der Waals surface area contributed by atoms with Crippen LogP contribution in [0.15, 0.2) is 102 Å². The molecule has 2 atom stereocenters. The number of aliphatic imine (C=N–C) groups is 1. The largest absolute Gasteiger partial charge is 1.00 e. The van der Waals surface area contributed by atoms with Crippen LogP contribution >= 0.6 is 12.4 Å². The number of amidine groups is 1. The van der Waals surface area contributed by atoms with Gasteiger partial charge in [-0.1, -0.05) is 90.5 Å². The number of hydrogen-bond acceptors (Lipinski definition) is 3. The van der Waals surface area contributed by atoms with E-state index in [9.17, 15) is 0 Å². The Hall–Kier alpha value is -3.04. The summed E-state index contributed by atoms with van der Waals surface area (Å²) in [4.78, 5) is 10.1. The van der Waals surface area contributed by atoms with E-state index in [4.69, 9.17) is 4.99 Å². The summed E-state index contributed by atoms with van der Waals surface area (Å²) < 4.78 is 0. The van der Waals surface area contributed by atoms with Crippen LogP contribution in [0, 0.1) is 27.4 Å². The Morgan fingerprint density at radius 1 is 0.722 bits per heavy atom. The van der Waals surface area contributed by atoms with Crippen molar-refractivity contribution in [2.24, 2.45) is 4.99 Å². The standard InChI is InChI=1S/C31H28N3.ClH.Cu/c1-21-18-22(2)29(23(3)19-21)33-20-34-30(25-14-8-5-9-15-25)28(24-12-6-4-7-13-24)32-31(34)26-16-10-11-17-27(26)33;;/h4-20,28,30H,1-3H3;1H;/q-1;;+1/t28-,30-;;/m0../s1. The molecule has 0 aliphatic carbocycles. The first-order chi connectivity index (χ1) is 16.6. The molecule has 4 aromatic rings. The third kappa shape index (κ3) is 4.35. The fourth-order valence-electron chi connectivity index (χ4n) is 5.58. The molecule has 2 aliphatic heterocycles. The first-order valence-corrected chi connectivity index (χ1v) is 11.9. The molecule has 0 radical (unpaired) electrons. The van der Waals surface area contributed by atoms with Crippen molar-refractivity contribution in [3.05, 3.63) is 137 Å². The van der Waals surface area contributed by atoms with Crippen LogP contribution in [-0.4, -0.2) is 10.7 Å². The Morgan fingerprint density at radius 3 is 1.92 bits per heavy atom. The van der Waals surface area contributed by atoms with E-state index in [1.165, 1.54) is 44.8 Å². The van der Waals surface area contributed by atoms with Gasteiger partial charge in [-0.25, -0.2) is 0 Å². The summed E-state index contributed by atoms with van der Waals surface area (Å²) >= 11 is 0. The molecule has 4 aromatic carbocycles. The normalized spacial score (nSPS) is 17.9. The number of rotatable bonds is 3. The van der Waals surface area contributed by atoms with Gasteiger partial charge in [0.1, 0.15) is 5.84 Å². The van der Waals surface area contributed by atoms with Gasteiger partial charge in [-0.3, -0.25) is 4.99 Å². The summed E-state index contributed by atoms with van der Waals surface area (Å²) in [5.41, 5.74) is 9.93. The summed E-state index contributed by atoms with van der Waals surface area (Å²) in [6.07, 6.45) is 0. The molecule has 36 heavy (non-hydrogen) atoms. The number of benzene rings is 4. The Bertz CT molecular complexity index is 1360. The molecule has 0 fully saturated rings. The summed E-state index contributed by atoms with van der Waals surface area (Å²) in [7, 11) is 0. The molecule has 0 aromatic heterocycles. The molecule has 2 aliphatic rings. The minimum absolute atomic E-state index is 0. The van der Waals surface area contributed by atoms with Crippen molar-refractivity contribution in [3.8, 4) is 0 Å². The molecule has 3 nitrogen and oxygen atoms in total. The second-order valence-corrected chi connectivity index (χ2v) is 9.32. The summed E-state index contributed by atoms with van der Waals surface area (Å²) in [6, 6.07) is 34.7. The predicted molar refractivity (Wildman–Crippen MR) is 148 cm³/mol. The van der Waals surface area contributed by atoms with Crippen molar-refractivity contribution in [1.29, 1.82) is 0 Å². The fourth-order valence-corrected chi connectivity index (χ4v) is 5.58. The van der Waals surface area contributed by atoms with Crippen molar-refractivity contribution in [2.45, 2.75) is 32.9 Å². The van der Waals surface area contributed by atoms with Crippen molar-refractivity contribution < 1.29 is 17.1 Å². The van der Waals surface area contributed by atoms with Gasteiger partial charge in [-0.05, 0) is 55.2 Å². The molecule has 186 valence electrons. The zero-order valence-corrected chi connectivity index (χ0v) is 22.3. The average Bonchev–Trinajstić information content (AvgIpc) is 3.24. The van der Waals surface area contributed by atoms with Gasteiger partial charge >= 0.3 is 17.1 Å². The van der Waals surface area contributed by atoms with Crippen molar-refractivity contribution in [2.75, 3.05) is 4.90 Å². The van der Waals surface area contributed by atoms with Crippen molar-refractivity contribution in [3.63, 3.8) is 0 Å². The molecule has 5 heteroatoms. The zero-order valence-electron chi connectivity index (χ0n) is 20.5. The monoisotopic (exact) mass is 541 g/mol. The predicted octanol–water partition coefficient (Wildman–Crippen LogP) is 7.85.